The number of amides is 1. The Hall–Kier alpha value is -1.10. The van der Waals surface area contributed by atoms with Crippen molar-refractivity contribution in [2.75, 3.05) is 6.54 Å². The van der Waals surface area contributed by atoms with Crippen molar-refractivity contribution in [2.24, 2.45) is 5.92 Å². The Kier molecular flexibility index (Phi) is 8.39. The third-order valence-corrected chi connectivity index (χ3v) is 3.09. The standard InChI is InChI=1S/C14H27NO4/c1-4-6-14(19,7-5-2)9-12(16)15-10-11(3)8-13(17)18/h11,19H,4-10H2,1-3H3,(H,15,16)(H,17,18). The van der Waals surface area contributed by atoms with Crippen molar-refractivity contribution in [3.8, 4) is 0 Å². The summed E-state index contributed by atoms with van der Waals surface area (Å²) in [5.74, 6) is -1.18. The first-order valence-corrected chi connectivity index (χ1v) is 7.03. The van der Waals surface area contributed by atoms with Gasteiger partial charge in [-0.05, 0) is 18.8 Å². The molecule has 0 fully saturated rings. The molecule has 5 heteroatoms. The molecule has 0 bridgehead atoms. The van der Waals surface area contributed by atoms with Crippen LogP contribution in [0.25, 0.3) is 0 Å². The third kappa shape index (κ3) is 8.59. The van der Waals surface area contributed by atoms with E-state index >= 15 is 0 Å². The average molecular weight is 273 g/mol. The molecular weight excluding hydrogens is 246 g/mol. The second-order valence-electron chi connectivity index (χ2n) is 5.41. The molecule has 0 aliphatic heterocycles. The molecule has 0 aliphatic carbocycles. The molecule has 1 amide bonds. The Morgan fingerprint density at radius 1 is 1.21 bits per heavy atom. The van der Waals surface area contributed by atoms with Gasteiger partial charge in [-0.25, -0.2) is 0 Å². The number of carbonyl (C=O) groups is 2. The van der Waals surface area contributed by atoms with E-state index in [9.17, 15) is 14.7 Å². The summed E-state index contributed by atoms with van der Waals surface area (Å²) in [5.41, 5.74) is -0.927. The number of nitrogens with one attached hydrogen (secondary N) is 1. The predicted molar refractivity (Wildman–Crippen MR) is 73.8 cm³/mol. The molecule has 0 aromatic heterocycles. The Morgan fingerprint density at radius 2 is 1.74 bits per heavy atom. The number of aliphatic hydroxyl groups is 1. The molecule has 0 spiro atoms. The van der Waals surface area contributed by atoms with Gasteiger partial charge >= 0.3 is 5.97 Å². The Bertz CT molecular complexity index is 285. The fourth-order valence-corrected chi connectivity index (χ4v) is 2.25. The van der Waals surface area contributed by atoms with Gasteiger partial charge in [0, 0.05) is 13.0 Å². The molecule has 19 heavy (non-hydrogen) atoms. The molecule has 0 aromatic carbocycles. The van der Waals surface area contributed by atoms with Crippen LogP contribution >= 0.6 is 0 Å². The molecule has 3 N–H and O–H groups in total. The molecule has 0 aliphatic rings. The predicted octanol–water partition coefficient (Wildman–Crippen LogP) is 1.93. The molecule has 1 unspecified atom stereocenters. The lowest BCUT2D eigenvalue weighted by Gasteiger charge is -2.27. The SMILES string of the molecule is CCCC(O)(CCC)CC(=O)NCC(C)CC(=O)O. The van der Waals surface area contributed by atoms with Crippen molar-refractivity contribution in [3.05, 3.63) is 0 Å². The van der Waals surface area contributed by atoms with Crippen LogP contribution in [0.4, 0.5) is 0 Å². The van der Waals surface area contributed by atoms with Gasteiger partial charge in [0.25, 0.3) is 0 Å². The van der Waals surface area contributed by atoms with E-state index in [0.29, 0.717) is 19.4 Å². The number of carboxylic acid groups (broad SMARTS) is 1. The Balaban J connectivity index is 4.16. The molecule has 0 saturated heterocycles. The van der Waals surface area contributed by atoms with Crippen molar-refractivity contribution in [1.82, 2.24) is 5.32 Å². The van der Waals surface area contributed by atoms with Crippen LogP contribution in [0.15, 0.2) is 0 Å². The summed E-state index contributed by atoms with van der Waals surface area (Å²) in [6.45, 7) is 6.07. The van der Waals surface area contributed by atoms with E-state index in [1.165, 1.54) is 0 Å². The van der Waals surface area contributed by atoms with E-state index in [1.54, 1.807) is 6.92 Å². The maximum absolute atomic E-state index is 11.8. The largest absolute Gasteiger partial charge is 0.481 e. The topological polar surface area (TPSA) is 86.6 Å². The van der Waals surface area contributed by atoms with Crippen molar-refractivity contribution in [1.29, 1.82) is 0 Å². The maximum atomic E-state index is 11.8. The van der Waals surface area contributed by atoms with Gasteiger partial charge in [-0.15, -0.1) is 0 Å². The molecule has 0 saturated carbocycles. The van der Waals surface area contributed by atoms with Gasteiger partial charge in [-0.1, -0.05) is 33.6 Å². The molecule has 0 rings (SSSR count). The lowest BCUT2D eigenvalue weighted by molar-refractivity contribution is -0.138. The first kappa shape index (κ1) is 17.9. The average Bonchev–Trinajstić information content (AvgIpc) is 2.25. The first-order valence-electron chi connectivity index (χ1n) is 7.03. The molecular formula is C14H27NO4. The summed E-state index contributed by atoms with van der Waals surface area (Å²) in [6, 6.07) is 0. The number of hydrogen-bond acceptors (Lipinski definition) is 3. The molecule has 0 heterocycles. The number of carboxylic acids is 1. The Morgan fingerprint density at radius 3 is 2.16 bits per heavy atom. The van der Waals surface area contributed by atoms with Crippen molar-refractivity contribution in [3.63, 3.8) is 0 Å². The van der Waals surface area contributed by atoms with Gasteiger partial charge in [-0.2, -0.15) is 0 Å². The van der Waals surface area contributed by atoms with Crippen molar-refractivity contribution in [2.45, 2.75) is 64.9 Å². The van der Waals surface area contributed by atoms with Crippen LogP contribution in [0, 0.1) is 5.92 Å². The normalized spacial score (nSPS) is 13.1. The van der Waals surface area contributed by atoms with Gasteiger partial charge < -0.3 is 15.5 Å². The summed E-state index contributed by atoms with van der Waals surface area (Å²) in [4.78, 5) is 22.3. The van der Waals surface area contributed by atoms with E-state index in [1.807, 2.05) is 13.8 Å². The van der Waals surface area contributed by atoms with Gasteiger partial charge in [-0.3, -0.25) is 9.59 Å². The minimum Gasteiger partial charge on any atom is -0.481 e. The van der Waals surface area contributed by atoms with Crippen LogP contribution < -0.4 is 5.32 Å². The molecule has 0 radical (unpaired) electrons. The number of carbonyl (C=O) groups excluding carboxylic acids is 1. The highest BCUT2D eigenvalue weighted by Crippen LogP contribution is 2.23. The molecule has 0 aromatic rings. The number of rotatable bonds is 10. The summed E-state index contributed by atoms with van der Waals surface area (Å²) < 4.78 is 0. The summed E-state index contributed by atoms with van der Waals surface area (Å²) >= 11 is 0. The molecule has 1 atom stereocenters. The van der Waals surface area contributed by atoms with E-state index in [4.69, 9.17) is 5.11 Å². The summed E-state index contributed by atoms with van der Waals surface area (Å²) in [6.07, 6.45) is 3.01. The highest BCUT2D eigenvalue weighted by Gasteiger charge is 2.28. The van der Waals surface area contributed by atoms with Crippen molar-refractivity contribution >= 4 is 11.9 Å². The van der Waals surface area contributed by atoms with E-state index in [-0.39, 0.29) is 24.7 Å². The minimum absolute atomic E-state index is 0.0362. The minimum atomic E-state index is -0.927. The van der Waals surface area contributed by atoms with Gasteiger partial charge in [0.1, 0.15) is 0 Å². The Labute approximate surface area is 115 Å². The second kappa shape index (κ2) is 8.91. The highest BCUT2D eigenvalue weighted by atomic mass is 16.4. The monoisotopic (exact) mass is 273 g/mol. The third-order valence-electron chi connectivity index (χ3n) is 3.09. The zero-order valence-corrected chi connectivity index (χ0v) is 12.2. The van der Waals surface area contributed by atoms with Crippen LogP contribution in [-0.2, 0) is 9.59 Å². The summed E-state index contributed by atoms with van der Waals surface area (Å²) in [7, 11) is 0. The molecule has 112 valence electrons. The smallest absolute Gasteiger partial charge is 0.303 e. The number of hydrogen-bond donors (Lipinski definition) is 3. The fourth-order valence-electron chi connectivity index (χ4n) is 2.25. The van der Waals surface area contributed by atoms with E-state index < -0.39 is 11.6 Å². The van der Waals surface area contributed by atoms with Crippen molar-refractivity contribution < 1.29 is 19.8 Å². The van der Waals surface area contributed by atoms with Gasteiger partial charge in [0.2, 0.25) is 5.91 Å². The first-order chi connectivity index (χ1) is 8.83. The fraction of sp³-hybridized carbons (Fsp3) is 0.857. The lowest BCUT2D eigenvalue weighted by Crippen LogP contribution is -2.38. The quantitative estimate of drug-likeness (QED) is 0.567. The van der Waals surface area contributed by atoms with Crippen LogP contribution in [0.3, 0.4) is 0 Å². The molecule has 5 nitrogen and oxygen atoms in total. The van der Waals surface area contributed by atoms with Gasteiger partial charge in [0.05, 0.1) is 12.0 Å². The maximum Gasteiger partial charge on any atom is 0.303 e. The zero-order chi connectivity index (χ0) is 14.9. The highest BCUT2D eigenvalue weighted by molar-refractivity contribution is 5.77. The lowest BCUT2D eigenvalue weighted by atomic mass is 9.89. The van der Waals surface area contributed by atoms with E-state index in [0.717, 1.165) is 12.8 Å². The van der Waals surface area contributed by atoms with Gasteiger partial charge in [0.15, 0.2) is 0 Å². The van der Waals surface area contributed by atoms with Crippen LogP contribution in [0.1, 0.15) is 59.3 Å². The zero-order valence-electron chi connectivity index (χ0n) is 12.2. The summed E-state index contributed by atoms with van der Waals surface area (Å²) in [5, 5.41) is 21.7. The van der Waals surface area contributed by atoms with Crippen LogP contribution in [0.5, 0.6) is 0 Å². The van der Waals surface area contributed by atoms with Crippen LogP contribution in [0.2, 0.25) is 0 Å². The van der Waals surface area contributed by atoms with Crippen LogP contribution in [-0.4, -0.2) is 34.2 Å². The number of aliphatic carboxylic acids is 1. The van der Waals surface area contributed by atoms with E-state index in [2.05, 4.69) is 5.32 Å². The second-order valence-corrected chi connectivity index (χ2v) is 5.41.